The van der Waals surface area contributed by atoms with Gasteiger partial charge in [0.25, 0.3) is 0 Å². The van der Waals surface area contributed by atoms with Gasteiger partial charge in [0.15, 0.2) is 5.75 Å². The molecule has 17 heavy (non-hydrogen) atoms. The maximum absolute atomic E-state index is 11.3. The first-order valence-corrected chi connectivity index (χ1v) is 6.67. The molecule has 1 aliphatic heterocycles. The molecule has 0 bridgehead atoms. The molecule has 0 amide bonds. The van der Waals surface area contributed by atoms with E-state index in [1.807, 2.05) is 11.8 Å². The highest BCUT2D eigenvalue weighted by Crippen LogP contribution is 2.25. The largest absolute Gasteiger partial charge is 0.502 e. The highest BCUT2D eigenvalue weighted by atomic mass is 32.2. The fraction of sp³-hybridized carbons (Fsp3) is 0.583. The summed E-state index contributed by atoms with van der Waals surface area (Å²) in [7, 11) is 0. The molecule has 0 unspecified atom stereocenters. The van der Waals surface area contributed by atoms with E-state index >= 15 is 0 Å². The first-order chi connectivity index (χ1) is 8.04. The van der Waals surface area contributed by atoms with Gasteiger partial charge in [-0.15, -0.1) is 0 Å². The summed E-state index contributed by atoms with van der Waals surface area (Å²) in [4.78, 5) is 13.6. The van der Waals surface area contributed by atoms with E-state index in [0.717, 1.165) is 19.4 Å². The maximum atomic E-state index is 11.3. The maximum Gasteiger partial charge on any atom is 0.226 e. The predicted octanol–water partition coefficient (Wildman–Crippen LogP) is 1.67. The minimum atomic E-state index is -0.376. The van der Waals surface area contributed by atoms with E-state index in [1.165, 1.54) is 6.07 Å². The van der Waals surface area contributed by atoms with E-state index in [4.69, 9.17) is 9.52 Å². The third-order valence-corrected chi connectivity index (χ3v) is 3.97. The summed E-state index contributed by atoms with van der Waals surface area (Å²) in [6, 6.07) is 1.37. The lowest BCUT2D eigenvalue weighted by atomic mass is 10.3. The van der Waals surface area contributed by atoms with Gasteiger partial charge in [-0.25, -0.2) is 0 Å². The van der Waals surface area contributed by atoms with Crippen molar-refractivity contribution < 1.29 is 9.52 Å². The lowest BCUT2D eigenvalue weighted by Crippen LogP contribution is -2.39. The molecule has 0 radical (unpaired) electrons. The molecule has 0 spiro atoms. The van der Waals surface area contributed by atoms with Crippen LogP contribution in [0.25, 0.3) is 0 Å². The Hall–Kier alpha value is -0.940. The summed E-state index contributed by atoms with van der Waals surface area (Å²) < 4.78 is 5.21. The van der Waals surface area contributed by atoms with E-state index in [9.17, 15) is 4.79 Å². The van der Waals surface area contributed by atoms with Crippen molar-refractivity contribution in [3.8, 4) is 5.75 Å². The van der Waals surface area contributed by atoms with Gasteiger partial charge in [-0.3, -0.25) is 9.69 Å². The zero-order chi connectivity index (χ0) is 12.4. The van der Waals surface area contributed by atoms with Crippen molar-refractivity contribution in [2.45, 2.75) is 30.9 Å². The second kappa shape index (κ2) is 5.14. The molecule has 1 aliphatic rings. The average molecular weight is 255 g/mol. The molecule has 1 N–H and O–H groups in total. The minimum absolute atomic E-state index is 0.329. The monoisotopic (exact) mass is 255 g/mol. The van der Waals surface area contributed by atoms with Gasteiger partial charge in [-0.05, 0) is 0 Å². The van der Waals surface area contributed by atoms with Crippen molar-refractivity contribution >= 4 is 11.8 Å². The molecule has 2 heterocycles. The number of hydrogen-bond donors (Lipinski definition) is 1. The highest BCUT2D eigenvalue weighted by molar-refractivity contribution is 8.00. The number of nitrogens with zero attached hydrogens (tertiary/aromatic N) is 1. The molecule has 5 heteroatoms. The molecule has 4 nitrogen and oxygen atoms in total. The molecule has 0 aliphatic carbocycles. The standard InChI is InChI=1S/C12H17NO3S/c1-8-4-13(5-9(2)17-8)6-10-3-11(14)12(15)7-16-10/h3,7-9,15H,4-6H2,1-2H3/t8-,9-/m0/s1. The van der Waals surface area contributed by atoms with Gasteiger partial charge in [-0.2, -0.15) is 11.8 Å². The average Bonchev–Trinajstić information content (AvgIpc) is 2.22. The Morgan fingerprint density at radius 3 is 2.71 bits per heavy atom. The second-order valence-corrected chi connectivity index (χ2v) is 6.43. The molecule has 0 aromatic carbocycles. The Morgan fingerprint density at radius 1 is 1.47 bits per heavy atom. The van der Waals surface area contributed by atoms with E-state index in [1.54, 1.807) is 0 Å². The van der Waals surface area contributed by atoms with Crippen LogP contribution in [0.15, 0.2) is 21.5 Å². The fourth-order valence-corrected chi connectivity index (χ4v) is 3.55. The molecule has 1 aromatic heterocycles. The third kappa shape index (κ3) is 3.26. The van der Waals surface area contributed by atoms with Crippen molar-refractivity contribution in [3.63, 3.8) is 0 Å². The fourth-order valence-electron chi connectivity index (χ4n) is 2.16. The third-order valence-electron chi connectivity index (χ3n) is 2.74. The Kier molecular flexibility index (Phi) is 3.79. The van der Waals surface area contributed by atoms with E-state index in [-0.39, 0.29) is 11.2 Å². The summed E-state index contributed by atoms with van der Waals surface area (Å²) in [6.45, 7) is 7.05. The van der Waals surface area contributed by atoms with E-state index in [0.29, 0.717) is 22.8 Å². The summed E-state index contributed by atoms with van der Waals surface area (Å²) in [5.74, 6) is 0.281. The van der Waals surface area contributed by atoms with Crippen LogP contribution in [-0.4, -0.2) is 33.6 Å². The minimum Gasteiger partial charge on any atom is -0.502 e. The van der Waals surface area contributed by atoms with Crippen molar-refractivity contribution in [2.24, 2.45) is 0 Å². The number of rotatable bonds is 2. The molecule has 0 saturated carbocycles. The van der Waals surface area contributed by atoms with Gasteiger partial charge >= 0.3 is 0 Å². The smallest absolute Gasteiger partial charge is 0.226 e. The normalized spacial score (nSPS) is 26.0. The van der Waals surface area contributed by atoms with Crippen LogP contribution in [0.5, 0.6) is 5.75 Å². The number of aromatic hydroxyl groups is 1. The van der Waals surface area contributed by atoms with Crippen LogP contribution in [-0.2, 0) is 6.54 Å². The number of thioether (sulfide) groups is 1. The SMILES string of the molecule is C[C@H]1CN(Cc2cc(=O)c(O)co2)C[C@H](C)S1. The lowest BCUT2D eigenvalue weighted by Gasteiger charge is -2.34. The first kappa shape index (κ1) is 12.5. The van der Waals surface area contributed by atoms with Gasteiger partial charge in [-0.1, -0.05) is 13.8 Å². The van der Waals surface area contributed by atoms with Gasteiger partial charge < -0.3 is 9.52 Å². The van der Waals surface area contributed by atoms with Crippen molar-refractivity contribution in [1.29, 1.82) is 0 Å². The predicted molar refractivity (Wildman–Crippen MR) is 68.4 cm³/mol. The topological polar surface area (TPSA) is 53.7 Å². The first-order valence-electron chi connectivity index (χ1n) is 5.73. The summed E-state index contributed by atoms with van der Waals surface area (Å²) >= 11 is 1.99. The van der Waals surface area contributed by atoms with Crippen molar-refractivity contribution in [2.75, 3.05) is 13.1 Å². The second-order valence-electron chi connectivity index (χ2n) is 4.55. The molecule has 1 fully saturated rings. The van der Waals surface area contributed by atoms with Crippen LogP contribution in [0.2, 0.25) is 0 Å². The Balaban J connectivity index is 2.05. The number of hydrogen-bond acceptors (Lipinski definition) is 5. The van der Waals surface area contributed by atoms with Crippen LogP contribution in [0.1, 0.15) is 19.6 Å². The van der Waals surface area contributed by atoms with Crippen LogP contribution >= 0.6 is 11.8 Å². The quantitative estimate of drug-likeness (QED) is 0.871. The lowest BCUT2D eigenvalue weighted by molar-refractivity contribution is 0.237. The van der Waals surface area contributed by atoms with Gasteiger partial charge in [0.05, 0.1) is 6.54 Å². The van der Waals surface area contributed by atoms with E-state index in [2.05, 4.69) is 18.7 Å². The van der Waals surface area contributed by atoms with Crippen LogP contribution in [0.3, 0.4) is 0 Å². The van der Waals surface area contributed by atoms with E-state index < -0.39 is 0 Å². The molecular weight excluding hydrogens is 238 g/mol. The van der Waals surface area contributed by atoms with Crippen LogP contribution < -0.4 is 5.43 Å². The molecule has 2 atom stereocenters. The van der Waals surface area contributed by atoms with Gasteiger partial charge in [0.1, 0.15) is 12.0 Å². The zero-order valence-corrected chi connectivity index (χ0v) is 10.9. The van der Waals surface area contributed by atoms with Crippen LogP contribution in [0, 0.1) is 0 Å². The van der Waals surface area contributed by atoms with Crippen molar-refractivity contribution in [1.82, 2.24) is 4.90 Å². The molecule has 1 aromatic rings. The molecular formula is C12H17NO3S. The summed E-state index contributed by atoms with van der Waals surface area (Å²) in [5, 5.41) is 10.3. The Morgan fingerprint density at radius 2 is 2.12 bits per heavy atom. The van der Waals surface area contributed by atoms with Gasteiger partial charge in [0, 0.05) is 29.7 Å². The molecule has 94 valence electrons. The van der Waals surface area contributed by atoms with Crippen molar-refractivity contribution in [3.05, 3.63) is 28.3 Å². The molecule has 2 rings (SSSR count). The molecule has 1 saturated heterocycles. The van der Waals surface area contributed by atoms with Crippen LogP contribution in [0.4, 0.5) is 0 Å². The summed E-state index contributed by atoms with van der Waals surface area (Å²) in [5.41, 5.74) is -0.376. The zero-order valence-electron chi connectivity index (χ0n) is 10.0. The highest BCUT2D eigenvalue weighted by Gasteiger charge is 2.22. The Labute approximate surface area is 105 Å². The van der Waals surface area contributed by atoms with Gasteiger partial charge in [0.2, 0.25) is 5.43 Å². The Bertz CT molecular complexity index is 436. The summed E-state index contributed by atoms with van der Waals surface area (Å²) in [6.07, 6.45) is 1.11.